The Labute approximate surface area is 103 Å². The van der Waals surface area contributed by atoms with Crippen LogP contribution < -0.4 is 0 Å². The van der Waals surface area contributed by atoms with Crippen LogP contribution in [-0.4, -0.2) is 13.1 Å². The Hall–Kier alpha value is -1.31. The van der Waals surface area contributed by atoms with Gasteiger partial charge in [-0.1, -0.05) is 38.3 Å². The van der Waals surface area contributed by atoms with E-state index >= 15 is 0 Å². The van der Waals surface area contributed by atoms with E-state index in [2.05, 4.69) is 19.1 Å². The molecule has 1 aliphatic carbocycles. The minimum absolute atomic E-state index is 0.256. The number of ether oxygens (including phenoxy) is 1. The second-order valence-electron chi connectivity index (χ2n) is 4.98. The topological polar surface area (TPSA) is 26.3 Å². The molecule has 1 aliphatic rings. The molecule has 17 heavy (non-hydrogen) atoms. The zero-order chi connectivity index (χ0) is 12.3. The van der Waals surface area contributed by atoms with Crippen molar-refractivity contribution in [3.63, 3.8) is 0 Å². The van der Waals surface area contributed by atoms with E-state index in [1.807, 2.05) is 12.1 Å². The van der Waals surface area contributed by atoms with Gasteiger partial charge in [0.1, 0.15) is 0 Å². The summed E-state index contributed by atoms with van der Waals surface area (Å²) in [6.07, 6.45) is 5.29. The van der Waals surface area contributed by atoms with Crippen LogP contribution in [0.4, 0.5) is 0 Å². The Kier molecular flexibility index (Phi) is 3.82. The van der Waals surface area contributed by atoms with Gasteiger partial charge >= 0.3 is 5.97 Å². The fraction of sp³-hybridized carbons (Fsp3) is 0.533. The Morgan fingerprint density at radius 3 is 2.41 bits per heavy atom. The van der Waals surface area contributed by atoms with Crippen LogP contribution in [0.25, 0.3) is 0 Å². The number of hydrogen-bond acceptors (Lipinski definition) is 2. The maximum atomic E-state index is 11.3. The standard InChI is InChI=1S/C15H20O2/c1-11-5-3-4-6-14(11)12-7-9-13(10-8-12)15(16)17-2/h7-11,14H,3-6H2,1-2H3. The molecule has 0 saturated heterocycles. The van der Waals surface area contributed by atoms with Crippen molar-refractivity contribution in [1.82, 2.24) is 0 Å². The molecule has 2 heteroatoms. The highest BCUT2D eigenvalue weighted by molar-refractivity contribution is 5.89. The maximum Gasteiger partial charge on any atom is 0.337 e. The molecular weight excluding hydrogens is 212 g/mol. The van der Waals surface area contributed by atoms with E-state index in [0.717, 1.165) is 5.92 Å². The average molecular weight is 232 g/mol. The van der Waals surface area contributed by atoms with Gasteiger partial charge in [-0.05, 0) is 36.0 Å². The van der Waals surface area contributed by atoms with Gasteiger partial charge in [-0.3, -0.25) is 0 Å². The van der Waals surface area contributed by atoms with Gasteiger partial charge in [0.15, 0.2) is 0 Å². The van der Waals surface area contributed by atoms with Gasteiger partial charge in [-0.2, -0.15) is 0 Å². The lowest BCUT2D eigenvalue weighted by molar-refractivity contribution is 0.0600. The zero-order valence-corrected chi connectivity index (χ0v) is 10.6. The first-order chi connectivity index (χ1) is 8.22. The summed E-state index contributed by atoms with van der Waals surface area (Å²) in [4.78, 5) is 11.3. The molecule has 2 atom stereocenters. The molecule has 2 rings (SSSR count). The molecule has 0 N–H and O–H groups in total. The van der Waals surface area contributed by atoms with Gasteiger partial charge in [-0.25, -0.2) is 4.79 Å². The lowest BCUT2D eigenvalue weighted by atomic mass is 9.76. The minimum atomic E-state index is -0.256. The molecule has 1 aromatic carbocycles. The van der Waals surface area contributed by atoms with Gasteiger partial charge < -0.3 is 4.74 Å². The predicted molar refractivity (Wildman–Crippen MR) is 68.2 cm³/mol. The summed E-state index contributed by atoms with van der Waals surface area (Å²) in [5, 5.41) is 0. The number of carbonyl (C=O) groups excluding carboxylic acids is 1. The summed E-state index contributed by atoms with van der Waals surface area (Å²) >= 11 is 0. The van der Waals surface area contributed by atoms with E-state index in [-0.39, 0.29) is 5.97 Å². The molecule has 0 bridgehead atoms. The number of rotatable bonds is 2. The highest BCUT2D eigenvalue weighted by Gasteiger charge is 2.22. The van der Waals surface area contributed by atoms with Crippen LogP contribution in [0.1, 0.15) is 54.4 Å². The quantitative estimate of drug-likeness (QED) is 0.725. The molecule has 0 heterocycles. The fourth-order valence-electron chi connectivity index (χ4n) is 2.80. The molecule has 0 radical (unpaired) electrons. The molecule has 0 spiro atoms. The molecule has 92 valence electrons. The van der Waals surface area contributed by atoms with Gasteiger partial charge in [0.25, 0.3) is 0 Å². The van der Waals surface area contributed by atoms with Crippen molar-refractivity contribution in [2.45, 2.75) is 38.5 Å². The summed E-state index contributed by atoms with van der Waals surface area (Å²) in [7, 11) is 1.42. The van der Waals surface area contributed by atoms with E-state index in [9.17, 15) is 4.79 Å². The van der Waals surface area contributed by atoms with Crippen LogP contribution in [-0.2, 0) is 4.74 Å². The summed E-state index contributed by atoms with van der Waals surface area (Å²) in [5.74, 6) is 1.16. The van der Waals surface area contributed by atoms with Gasteiger partial charge in [0.05, 0.1) is 12.7 Å². The van der Waals surface area contributed by atoms with Crippen molar-refractivity contribution in [3.05, 3.63) is 35.4 Å². The molecule has 2 unspecified atom stereocenters. The molecule has 2 nitrogen and oxygen atoms in total. The Bertz CT molecular complexity index is 380. The third-order valence-electron chi connectivity index (χ3n) is 3.87. The molecule has 1 aromatic rings. The van der Waals surface area contributed by atoms with Crippen molar-refractivity contribution < 1.29 is 9.53 Å². The van der Waals surface area contributed by atoms with E-state index in [1.54, 1.807) is 0 Å². The first-order valence-electron chi connectivity index (χ1n) is 6.40. The summed E-state index contributed by atoms with van der Waals surface area (Å²) in [5.41, 5.74) is 2.00. The molecule has 1 saturated carbocycles. The first kappa shape index (κ1) is 12.2. The maximum absolute atomic E-state index is 11.3. The van der Waals surface area contributed by atoms with E-state index in [0.29, 0.717) is 11.5 Å². The van der Waals surface area contributed by atoms with Crippen molar-refractivity contribution in [1.29, 1.82) is 0 Å². The minimum Gasteiger partial charge on any atom is -0.465 e. The van der Waals surface area contributed by atoms with Crippen LogP contribution >= 0.6 is 0 Å². The van der Waals surface area contributed by atoms with E-state index < -0.39 is 0 Å². The molecule has 0 amide bonds. The number of methoxy groups -OCH3 is 1. The smallest absolute Gasteiger partial charge is 0.337 e. The second-order valence-corrected chi connectivity index (χ2v) is 4.98. The van der Waals surface area contributed by atoms with Crippen LogP contribution in [0.3, 0.4) is 0 Å². The number of carbonyl (C=O) groups is 1. The highest BCUT2D eigenvalue weighted by Crippen LogP contribution is 2.37. The van der Waals surface area contributed by atoms with Crippen molar-refractivity contribution in [3.8, 4) is 0 Å². The van der Waals surface area contributed by atoms with Crippen LogP contribution in [0.5, 0.6) is 0 Å². The zero-order valence-electron chi connectivity index (χ0n) is 10.6. The van der Waals surface area contributed by atoms with Gasteiger partial charge in [0, 0.05) is 0 Å². The van der Waals surface area contributed by atoms with Crippen molar-refractivity contribution in [2.24, 2.45) is 5.92 Å². The Morgan fingerprint density at radius 1 is 1.18 bits per heavy atom. The van der Waals surface area contributed by atoms with Crippen LogP contribution in [0.2, 0.25) is 0 Å². The van der Waals surface area contributed by atoms with E-state index in [4.69, 9.17) is 4.74 Å². The lowest BCUT2D eigenvalue weighted by Crippen LogP contribution is -2.14. The molecular formula is C15H20O2. The summed E-state index contributed by atoms with van der Waals surface area (Å²) in [6, 6.07) is 7.92. The largest absolute Gasteiger partial charge is 0.465 e. The number of benzene rings is 1. The molecule has 0 aromatic heterocycles. The van der Waals surface area contributed by atoms with Crippen molar-refractivity contribution >= 4 is 5.97 Å². The van der Waals surface area contributed by atoms with E-state index in [1.165, 1.54) is 38.4 Å². The van der Waals surface area contributed by atoms with Crippen LogP contribution in [0, 0.1) is 5.92 Å². The van der Waals surface area contributed by atoms with Gasteiger partial charge in [0.2, 0.25) is 0 Å². The average Bonchev–Trinajstić information content (AvgIpc) is 2.39. The number of hydrogen-bond donors (Lipinski definition) is 0. The predicted octanol–water partition coefficient (Wildman–Crippen LogP) is 3.77. The second kappa shape index (κ2) is 5.35. The summed E-state index contributed by atoms with van der Waals surface area (Å²) in [6.45, 7) is 2.33. The third kappa shape index (κ3) is 2.68. The monoisotopic (exact) mass is 232 g/mol. The normalized spacial score (nSPS) is 24.4. The number of esters is 1. The fourth-order valence-corrected chi connectivity index (χ4v) is 2.80. The molecule has 0 aliphatic heterocycles. The third-order valence-corrected chi connectivity index (χ3v) is 3.87. The summed E-state index contributed by atoms with van der Waals surface area (Å²) < 4.78 is 4.70. The Balaban J connectivity index is 2.14. The lowest BCUT2D eigenvalue weighted by Gasteiger charge is -2.29. The molecule has 1 fully saturated rings. The highest BCUT2D eigenvalue weighted by atomic mass is 16.5. The van der Waals surface area contributed by atoms with Crippen LogP contribution in [0.15, 0.2) is 24.3 Å². The Morgan fingerprint density at radius 2 is 1.82 bits per heavy atom. The SMILES string of the molecule is COC(=O)c1ccc(C2CCCCC2C)cc1. The van der Waals surface area contributed by atoms with Crippen molar-refractivity contribution in [2.75, 3.05) is 7.11 Å². The van der Waals surface area contributed by atoms with Gasteiger partial charge in [-0.15, -0.1) is 0 Å². The first-order valence-corrected chi connectivity index (χ1v) is 6.40.